The summed E-state index contributed by atoms with van der Waals surface area (Å²) in [6.07, 6.45) is 3.20. The predicted molar refractivity (Wildman–Crippen MR) is 85.1 cm³/mol. The summed E-state index contributed by atoms with van der Waals surface area (Å²) < 4.78 is 14.4. The maximum absolute atomic E-state index is 12.8. The topological polar surface area (TPSA) is 80.1 Å². The number of carbonyl (C=O) groups excluding carboxylic acids is 2. The van der Waals surface area contributed by atoms with Crippen LogP contribution in [-0.2, 0) is 22.7 Å². The number of rotatable bonds is 8. The summed E-state index contributed by atoms with van der Waals surface area (Å²) in [4.78, 5) is 29.4. The maximum Gasteiger partial charge on any atom is 0.239 e. The highest BCUT2D eigenvalue weighted by Gasteiger charge is 2.15. The zero-order valence-electron chi connectivity index (χ0n) is 13.5. The Hall–Kier alpha value is -2.77. The summed E-state index contributed by atoms with van der Waals surface area (Å²) in [6, 6.07) is 5.90. The first-order valence-electron chi connectivity index (χ1n) is 7.70. The number of halogens is 1. The van der Waals surface area contributed by atoms with E-state index in [9.17, 15) is 14.0 Å². The molecule has 8 heteroatoms. The standard InChI is InChI=1S/C16H20FN5O2/c1-2-21(16(24)7-8-22-12-18-11-20-22)10-15(23)19-9-13-3-5-14(17)6-4-13/h3-6,11-12H,2,7-10H2,1H3,(H,19,23). The van der Waals surface area contributed by atoms with E-state index in [1.54, 1.807) is 23.1 Å². The molecule has 1 N–H and O–H groups in total. The first-order chi connectivity index (χ1) is 11.6. The molecule has 0 aliphatic heterocycles. The Bertz CT molecular complexity index is 658. The average molecular weight is 333 g/mol. The second kappa shape index (κ2) is 8.76. The van der Waals surface area contributed by atoms with Crippen molar-refractivity contribution in [2.45, 2.75) is 26.4 Å². The number of likely N-dealkylation sites (N-methyl/N-ethyl adjacent to an activating group) is 1. The molecule has 2 rings (SSSR count). The molecule has 0 radical (unpaired) electrons. The third kappa shape index (κ3) is 5.45. The fraction of sp³-hybridized carbons (Fsp3) is 0.375. The Labute approximate surface area is 139 Å². The van der Waals surface area contributed by atoms with E-state index in [1.165, 1.54) is 23.4 Å². The van der Waals surface area contributed by atoms with Gasteiger partial charge in [-0.1, -0.05) is 12.1 Å². The molecule has 2 amide bonds. The van der Waals surface area contributed by atoms with Crippen LogP contribution in [0.2, 0.25) is 0 Å². The third-order valence-corrected chi connectivity index (χ3v) is 3.49. The van der Waals surface area contributed by atoms with E-state index in [1.807, 2.05) is 6.92 Å². The Balaban J connectivity index is 1.76. The highest BCUT2D eigenvalue weighted by molar-refractivity contribution is 5.84. The van der Waals surface area contributed by atoms with Crippen molar-refractivity contribution in [2.75, 3.05) is 13.1 Å². The van der Waals surface area contributed by atoms with E-state index in [2.05, 4.69) is 15.4 Å². The summed E-state index contributed by atoms with van der Waals surface area (Å²) in [6.45, 7) is 2.98. The van der Waals surface area contributed by atoms with Gasteiger partial charge in [0.2, 0.25) is 11.8 Å². The van der Waals surface area contributed by atoms with Crippen LogP contribution in [0.5, 0.6) is 0 Å². The number of carbonyl (C=O) groups is 2. The van der Waals surface area contributed by atoms with Crippen LogP contribution in [-0.4, -0.2) is 44.6 Å². The molecular formula is C16H20FN5O2. The van der Waals surface area contributed by atoms with Crippen LogP contribution < -0.4 is 5.32 Å². The quantitative estimate of drug-likeness (QED) is 0.781. The van der Waals surface area contributed by atoms with Crippen molar-refractivity contribution in [3.8, 4) is 0 Å². The van der Waals surface area contributed by atoms with Gasteiger partial charge < -0.3 is 10.2 Å². The van der Waals surface area contributed by atoms with Gasteiger partial charge in [-0.2, -0.15) is 5.10 Å². The summed E-state index contributed by atoms with van der Waals surface area (Å²) >= 11 is 0. The van der Waals surface area contributed by atoms with E-state index in [-0.39, 0.29) is 30.6 Å². The van der Waals surface area contributed by atoms with Crippen LogP contribution in [0.4, 0.5) is 4.39 Å². The SMILES string of the molecule is CCN(CC(=O)NCc1ccc(F)cc1)C(=O)CCn1cncn1. The van der Waals surface area contributed by atoms with E-state index in [0.29, 0.717) is 19.6 Å². The van der Waals surface area contributed by atoms with Crippen molar-refractivity contribution in [3.05, 3.63) is 48.3 Å². The highest BCUT2D eigenvalue weighted by atomic mass is 19.1. The van der Waals surface area contributed by atoms with Gasteiger partial charge in [-0.15, -0.1) is 0 Å². The average Bonchev–Trinajstić information content (AvgIpc) is 3.10. The molecule has 1 aromatic heterocycles. The third-order valence-electron chi connectivity index (χ3n) is 3.49. The molecule has 0 spiro atoms. The van der Waals surface area contributed by atoms with Gasteiger partial charge in [-0.25, -0.2) is 9.37 Å². The molecule has 0 aliphatic rings. The molecule has 7 nitrogen and oxygen atoms in total. The Morgan fingerprint density at radius 1 is 1.29 bits per heavy atom. The van der Waals surface area contributed by atoms with Gasteiger partial charge in [0, 0.05) is 19.5 Å². The van der Waals surface area contributed by atoms with Crippen LogP contribution in [0.3, 0.4) is 0 Å². The molecule has 128 valence electrons. The summed E-state index contributed by atoms with van der Waals surface area (Å²) in [5, 5.41) is 6.66. The molecule has 0 atom stereocenters. The van der Waals surface area contributed by atoms with Crippen molar-refractivity contribution < 1.29 is 14.0 Å². The lowest BCUT2D eigenvalue weighted by Crippen LogP contribution is -2.40. The zero-order chi connectivity index (χ0) is 17.4. The molecule has 0 unspecified atom stereocenters. The summed E-state index contributed by atoms with van der Waals surface area (Å²) in [5.41, 5.74) is 0.797. The molecular weight excluding hydrogens is 313 g/mol. The molecule has 1 aromatic carbocycles. The van der Waals surface area contributed by atoms with Gasteiger partial charge in [-0.05, 0) is 24.6 Å². The smallest absolute Gasteiger partial charge is 0.239 e. The largest absolute Gasteiger partial charge is 0.350 e. The number of hydrogen-bond donors (Lipinski definition) is 1. The fourth-order valence-electron chi connectivity index (χ4n) is 2.12. The Morgan fingerprint density at radius 2 is 2.04 bits per heavy atom. The molecule has 0 saturated heterocycles. The van der Waals surface area contributed by atoms with Gasteiger partial charge >= 0.3 is 0 Å². The first kappa shape index (κ1) is 17.6. The van der Waals surface area contributed by atoms with Crippen molar-refractivity contribution in [3.63, 3.8) is 0 Å². The van der Waals surface area contributed by atoms with Crippen LogP contribution in [0.25, 0.3) is 0 Å². The Morgan fingerprint density at radius 3 is 2.67 bits per heavy atom. The predicted octanol–water partition coefficient (Wildman–Crippen LogP) is 0.972. The lowest BCUT2D eigenvalue weighted by molar-refractivity contribution is -0.136. The van der Waals surface area contributed by atoms with Crippen molar-refractivity contribution >= 4 is 11.8 Å². The van der Waals surface area contributed by atoms with Crippen LogP contribution in [0.15, 0.2) is 36.9 Å². The number of nitrogens with zero attached hydrogens (tertiary/aromatic N) is 4. The maximum atomic E-state index is 12.8. The number of hydrogen-bond acceptors (Lipinski definition) is 4. The van der Waals surface area contributed by atoms with Crippen molar-refractivity contribution in [2.24, 2.45) is 0 Å². The molecule has 0 saturated carbocycles. The van der Waals surface area contributed by atoms with Gasteiger partial charge in [-0.3, -0.25) is 14.3 Å². The zero-order valence-corrected chi connectivity index (χ0v) is 13.5. The fourth-order valence-corrected chi connectivity index (χ4v) is 2.12. The van der Waals surface area contributed by atoms with Crippen LogP contribution >= 0.6 is 0 Å². The van der Waals surface area contributed by atoms with Crippen molar-refractivity contribution in [1.82, 2.24) is 25.0 Å². The second-order valence-electron chi connectivity index (χ2n) is 5.22. The van der Waals surface area contributed by atoms with E-state index >= 15 is 0 Å². The van der Waals surface area contributed by atoms with E-state index in [0.717, 1.165) is 5.56 Å². The van der Waals surface area contributed by atoms with Crippen molar-refractivity contribution in [1.29, 1.82) is 0 Å². The monoisotopic (exact) mass is 333 g/mol. The minimum absolute atomic E-state index is 0.00607. The lowest BCUT2D eigenvalue weighted by Gasteiger charge is -2.20. The van der Waals surface area contributed by atoms with Gasteiger partial charge in [0.1, 0.15) is 18.5 Å². The normalized spacial score (nSPS) is 10.4. The van der Waals surface area contributed by atoms with Crippen LogP contribution in [0.1, 0.15) is 18.9 Å². The van der Waals surface area contributed by atoms with E-state index < -0.39 is 0 Å². The minimum Gasteiger partial charge on any atom is -0.350 e. The van der Waals surface area contributed by atoms with Gasteiger partial charge in [0.05, 0.1) is 13.1 Å². The minimum atomic E-state index is -0.319. The number of benzene rings is 1. The number of amides is 2. The molecule has 24 heavy (non-hydrogen) atoms. The Kier molecular flexibility index (Phi) is 6.41. The summed E-state index contributed by atoms with van der Waals surface area (Å²) in [7, 11) is 0. The van der Waals surface area contributed by atoms with Gasteiger partial charge in [0.25, 0.3) is 0 Å². The number of aryl methyl sites for hydroxylation is 1. The number of nitrogens with one attached hydrogen (secondary N) is 1. The molecule has 1 heterocycles. The molecule has 0 aliphatic carbocycles. The lowest BCUT2D eigenvalue weighted by atomic mass is 10.2. The highest BCUT2D eigenvalue weighted by Crippen LogP contribution is 2.02. The first-order valence-corrected chi connectivity index (χ1v) is 7.70. The number of aromatic nitrogens is 3. The second-order valence-corrected chi connectivity index (χ2v) is 5.22. The van der Waals surface area contributed by atoms with Gasteiger partial charge in [0.15, 0.2) is 0 Å². The summed E-state index contributed by atoms with van der Waals surface area (Å²) in [5.74, 6) is -0.694. The van der Waals surface area contributed by atoms with Crippen LogP contribution in [0, 0.1) is 5.82 Å². The molecule has 2 aromatic rings. The van der Waals surface area contributed by atoms with E-state index in [4.69, 9.17) is 0 Å². The molecule has 0 fully saturated rings. The molecule has 0 bridgehead atoms.